The molecule has 0 bridgehead atoms. The van der Waals surface area contributed by atoms with Gasteiger partial charge in [-0.2, -0.15) is 9.97 Å². The molecule has 1 aliphatic rings. The molecule has 38 heavy (non-hydrogen) atoms. The van der Waals surface area contributed by atoms with Crippen molar-refractivity contribution in [3.63, 3.8) is 0 Å². The quantitative estimate of drug-likeness (QED) is 0.241. The Bertz CT molecular complexity index is 1910. The Hall–Kier alpha value is -4.35. The molecule has 0 aliphatic heterocycles. The van der Waals surface area contributed by atoms with E-state index in [1.54, 1.807) is 4.88 Å². The van der Waals surface area contributed by atoms with Gasteiger partial charge in [0, 0.05) is 36.9 Å². The van der Waals surface area contributed by atoms with Crippen LogP contribution in [0.5, 0.6) is 0 Å². The van der Waals surface area contributed by atoms with Crippen LogP contribution in [-0.4, -0.2) is 19.5 Å². The molecule has 4 aromatic carbocycles. The molecule has 0 saturated heterocycles. The molecule has 0 amide bonds. The molecule has 1 aliphatic carbocycles. The molecule has 3 aromatic heterocycles. The molecule has 0 atom stereocenters. The molecule has 5 heteroatoms. The van der Waals surface area contributed by atoms with Crippen LogP contribution in [0.3, 0.4) is 0 Å². The first-order valence-corrected chi connectivity index (χ1v) is 14.0. The van der Waals surface area contributed by atoms with E-state index in [1.807, 2.05) is 47.7 Å². The van der Waals surface area contributed by atoms with Crippen molar-refractivity contribution in [3.8, 4) is 28.7 Å². The van der Waals surface area contributed by atoms with Crippen molar-refractivity contribution in [1.29, 1.82) is 0 Å². The molecule has 0 N–H and O–H groups in total. The fraction of sp³-hybridized carbons (Fsp3) is 0.121. The van der Waals surface area contributed by atoms with Crippen LogP contribution in [0.1, 0.15) is 23.3 Å². The molecule has 7 aromatic rings. The minimum atomic E-state index is 0.659. The predicted octanol–water partition coefficient (Wildman–Crippen LogP) is 8.40. The van der Waals surface area contributed by atoms with Gasteiger partial charge in [0.1, 0.15) is 0 Å². The maximum Gasteiger partial charge on any atom is 0.238 e. The molecule has 3 heterocycles. The normalized spacial score (nSPS) is 13.4. The lowest BCUT2D eigenvalue weighted by Gasteiger charge is -2.13. The lowest BCUT2D eigenvalue weighted by Crippen LogP contribution is -2.07. The van der Waals surface area contributed by atoms with Gasteiger partial charge in [-0.1, -0.05) is 84.9 Å². The number of hydrogen-bond donors (Lipinski definition) is 0. The summed E-state index contributed by atoms with van der Waals surface area (Å²) in [6.45, 7) is 0. The summed E-state index contributed by atoms with van der Waals surface area (Å²) in [4.78, 5) is 16.7. The third-order valence-corrected chi connectivity index (χ3v) is 8.90. The zero-order chi connectivity index (χ0) is 25.1. The molecule has 0 spiro atoms. The number of benzene rings is 4. The van der Waals surface area contributed by atoms with Crippen LogP contribution in [0, 0.1) is 0 Å². The number of aromatic nitrogens is 4. The van der Waals surface area contributed by atoms with Crippen LogP contribution in [0.4, 0.5) is 0 Å². The molecular formula is C33H24N4S. The fourth-order valence-corrected chi connectivity index (χ4v) is 7.21. The number of hydrogen-bond acceptors (Lipinski definition) is 4. The van der Waals surface area contributed by atoms with Gasteiger partial charge in [-0.3, -0.25) is 4.57 Å². The van der Waals surface area contributed by atoms with Crippen molar-refractivity contribution < 1.29 is 0 Å². The second-order valence-corrected chi connectivity index (χ2v) is 11.0. The van der Waals surface area contributed by atoms with Crippen LogP contribution < -0.4 is 0 Å². The van der Waals surface area contributed by atoms with Gasteiger partial charge in [0.15, 0.2) is 11.6 Å². The van der Waals surface area contributed by atoms with E-state index in [4.69, 9.17) is 15.0 Å². The van der Waals surface area contributed by atoms with E-state index < -0.39 is 0 Å². The van der Waals surface area contributed by atoms with E-state index in [2.05, 4.69) is 65.2 Å². The monoisotopic (exact) mass is 508 g/mol. The van der Waals surface area contributed by atoms with Crippen molar-refractivity contribution in [2.75, 3.05) is 0 Å². The molecular weight excluding hydrogens is 484 g/mol. The summed E-state index contributed by atoms with van der Waals surface area (Å²) < 4.78 is 3.64. The van der Waals surface area contributed by atoms with Crippen LogP contribution in [0.15, 0.2) is 97.1 Å². The van der Waals surface area contributed by atoms with Gasteiger partial charge in [-0.25, -0.2) is 4.98 Å². The molecule has 0 radical (unpaired) electrons. The maximum absolute atomic E-state index is 5.12. The van der Waals surface area contributed by atoms with Crippen molar-refractivity contribution in [1.82, 2.24) is 19.5 Å². The third kappa shape index (κ3) is 3.32. The Balaban J connectivity index is 1.51. The highest BCUT2D eigenvalue weighted by atomic mass is 32.1. The average Bonchev–Trinajstić information content (AvgIpc) is 3.53. The second kappa shape index (κ2) is 8.61. The van der Waals surface area contributed by atoms with Gasteiger partial charge in [0.2, 0.25) is 5.95 Å². The van der Waals surface area contributed by atoms with Gasteiger partial charge in [0.05, 0.1) is 11.0 Å². The number of aryl methyl sites for hydroxylation is 2. The average molecular weight is 509 g/mol. The number of para-hydroxylation sites is 1. The molecule has 4 nitrogen and oxygen atoms in total. The molecule has 8 rings (SSSR count). The molecule has 0 saturated carbocycles. The van der Waals surface area contributed by atoms with E-state index in [0.717, 1.165) is 23.1 Å². The summed E-state index contributed by atoms with van der Waals surface area (Å²) in [6, 6.07) is 33.7. The molecule has 182 valence electrons. The maximum atomic E-state index is 5.12. The van der Waals surface area contributed by atoms with E-state index in [9.17, 15) is 0 Å². The zero-order valence-corrected chi connectivity index (χ0v) is 21.6. The number of rotatable bonds is 3. The summed E-state index contributed by atoms with van der Waals surface area (Å²) in [5.74, 6) is 2.02. The summed E-state index contributed by atoms with van der Waals surface area (Å²) in [6.07, 6.45) is 4.84. The first-order valence-electron chi connectivity index (χ1n) is 13.2. The summed E-state index contributed by atoms with van der Waals surface area (Å²) in [5, 5.41) is 3.85. The van der Waals surface area contributed by atoms with E-state index in [0.29, 0.717) is 17.6 Å². The molecule has 0 unspecified atom stereocenters. The van der Waals surface area contributed by atoms with Gasteiger partial charge in [0.25, 0.3) is 0 Å². The topological polar surface area (TPSA) is 43.6 Å². The largest absolute Gasteiger partial charge is 0.277 e. The Morgan fingerprint density at radius 2 is 1.26 bits per heavy atom. The van der Waals surface area contributed by atoms with Crippen molar-refractivity contribution in [3.05, 3.63) is 108 Å². The first-order chi connectivity index (χ1) is 18.8. The van der Waals surface area contributed by atoms with E-state index in [1.165, 1.54) is 51.2 Å². The number of thiophene rings is 1. The fourth-order valence-electron chi connectivity index (χ4n) is 5.91. The van der Waals surface area contributed by atoms with Gasteiger partial charge in [-0.15, -0.1) is 11.3 Å². The second-order valence-electron chi connectivity index (χ2n) is 9.91. The van der Waals surface area contributed by atoms with Gasteiger partial charge < -0.3 is 0 Å². The van der Waals surface area contributed by atoms with Crippen molar-refractivity contribution in [2.45, 2.75) is 25.7 Å². The Morgan fingerprint density at radius 1 is 0.605 bits per heavy atom. The standard InChI is InChI=1S/C33H24N4S/c1-3-11-21(12-4-1)31-34-32(22-13-5-2-6-14-22)36-33(35-31)37-26-17-9-7-15-23(26)24-19-20-28-29(30(24)37)25-16-8-10-18-27(25)38-28/h1-7,9,11-15,17,19-20H,8,10,16,18H2. The Morgan fingerprint density at radius 3 is 2.00 bits per heavy atom. The lowest BCUT2D eigenvalue weighted by atomic mass is 9.95. The predicted molar refractivity (Wildman–Crippen MR) is 157 cm³/mol. The van der Waals surface area contributed by atoms with Crippen LogP contribution in [-0.2, 0) is 12.8 Å². The molecule has 0 fully saturated rings. The summed E-state index contributed by atoms with van der Waals surface area (Å²) >= 11 is 1.96. The number of fused-ring (bicyclic) bond motifs is 7. The highest BCUT2D eigenvalue weighted by Gasteiger charge is 2.24. The number of nitrogens with zero attached hydrogens (tertiary/aromatic N) is 4. The van der Waals surface area contributed by atoms with Crippen LogP contribution in [0.2, 0.25) is 0 Å². The van der Waals surface area contributed by atoms with E-state index in [-0.39, 0.29) is 0 Å². The van der Waals surface area contributed by atoms with Gasteiger partial charge in [-0.05, 0) is 43.4 Å². The minimum Gasteiger partial charge on any atom is -0.277 e. The Kier molecular flexibility index (Phi) is 4.92. The summed E-state index contributed by atoms with van der Waals surface area (Å²) in [7, 11) is 0. The first kappa shape index (κ1) is 21.7. The Labute approximate surface area is 224 Å². The lowest BCUT2D eigenvalue weighted by molar-refractivity contribution is 0.700. The van der Waals surface area contributed by atoms with E-state index >= 15 is 0 Å². The van der Waals surface area contributed by atoms with Crippen molar-refractivity contribution >= 4 is 43.2 Å². The van der Waals surface area contributed by atoms with Gasteiger partial charge >= 0.3 is 0 Å². The highest BCUT2D eigenvalue weighted by molar-refractivity contribution is 7.19. The smallest absolute Gasteiger partial charge is 0.238 e. The van der Waals surface area contributed by atoms with Crippen LogP contribution >= 0.6 is 11.3 Å². The SMILES string of the molecule is c1ccc(-c2nc(-c3ccccc3)nc(-n3c4ccccc4c4ccc5sc6c(c5c43)CCCC6)n2)cc1. The van der Waals surface area contributed by atoms with Crippen LogP contribution in [0.25, 0.3) is 60.6 Å². The minimum absolute atomic E-state index is 0.659. The summed E-state index contributed by atoms with van der Waals surface area (Å²) in [5.41, 5.74) is 5.81. The zero-order valence-electron chi connectivity index (χ0n) is 20.8. The third-order valence-electron chi connectivity index (χ3n) is 7.64. The highest BCUT2D eigenvalue weighted by Crippen LogP contribution is 2.43. The van der Waals surface area contributed by atoms with Crippen molar-refractivity contribution in [2.24, 2.45) is 0 Å².